The molecule has 0 fully saturated rings. The van der Waals surface area contributed by atoms with E-state index < -0.39 is 5.97 Å². The van der Waals surface area contributed by atoms with Crippen molar-refractivity contribution in [2.45, 2.75) is 6.42 Å². The van der Waals surface area contributed by atoms with E-state index in [1.807, 2.05) is 48.5 Å². The lowest BCUT2D eigenvalue weighted by molar-refractivity contribution is 0.0697. The molecule has 1 heterocycles. The molecule has 0 atom stereocenters. The molecule has 0 unspecified atom stereocenters. The number of hydrogen-bond donors (Lipinski definition) is 1. The van der Waals surface area contributed by atoms with Crippen LogP contribution in [0.4, 0.5) is 0 Å². The maximum atomic E-state index is 11.3. The van der Waals surface area contributed by atoms with Gasteiger partial charge in [-0.2, -0.15) is 0 Å². The quantitative estimate of drug-likeness (QED) is 0.479. The first-order valence-electron chi connectivity index (χ1n) is 9.15. The highest BCUT2D eigenvalue weighted by Crippen LogP contribution is 2.33. The van der Waals surface area contributed by atoms with Crippen molar-refractivity contribution in [3.05, 3.63) is 83.6 Å². The Kier molecular flexibility index (Phi) is 4.96. The number of hydrogen-bond acceptors (Lipinski definition) is 4. The van der Waals surface area contributed by atoms with Crippen LogP contribution in [0.3, 0.4) is 0 Å². The molecule has 0 aliphatic rings. The summed E-state index contributed by atoms with van der Waals surface area (Å²) in [5.41, 5.74) is 3.70. The Hall–Kier alpha value is -3.73. The molecule has 4 aromatic rings. The van der Waals surface area contributed by atoms with Gasteiger partial charge < -0.3 is 19.0 Å². The number of carboxylic acids is 1. The molecule has 29 heavy (non-hydrogen) atoms. The first-order chi connectivity index (χ1) is 14.1. The topological polar surface area (TPSA) is 68.9 Å². The number of rotatable bonds is 6. The third-order valence-electron chi connectivity index (χ3n) is 4.84. The zero-order chi connectivity index (χ0) is 20.4. The minimum absolute atomic E-state index is 0.247. The number of benzene rings is 3. The van der Waals surface area contributed by atoms with Gasteiger partial charge in [0.15, 0.2) is 11.5 Å². The second-order valence-corrected chi connectivity index (χ2v) is 6.69. The molecule has 0 saturated heterocycles. The van der Waals surface area contributed by atoms with Crippen LogP contribution in [0.1, 0.15) is 21.7 Å². The summed E-state index contributed by atoms with van der Waals surface area (Å²) >= 11 is 0. The molecule has 1 N–H and O–H groups in total. The zero-order valence-corrected chi connectivity index (χ0v) is 16.1. The van der Waals surface area contributed by atoms with Gasteiger partial charge in [0.1, 0.15) is 11.3 Å². The lowest BCUT2D eigenvalue weighted by atomic mass is 10.0. The van der Waals surface area contributed by atoms with E-state index in [1.54, 1.807) is 32.4 Å². The molecule has 4 rings (SSSR count). The van der Waals surface area contributed by atoms with Crippen LogP contribution in [0, 0.1) is 0 Å². The molecule has 1 aromatic heterocycles. The Morgan fingerprint density at radius 3 is 2.48 bits per heavy atom. The predicted molar refractivity (Wildman–Crippen MR) is 111 cm³/mol. The highest BCUT2D eigenvalue weighted by atomic mass is 16.5. The van der Waals surface area contributed by atoms with Gasteiger partial charge in [-0.1, -0.05) is 36.4 Å². The summed E-state index contributed by atoms with van der Waals surface area (Å²) < 4.78 is 16.8. The lowest BCUT2D eigenvalue weighted by Gasteiger charge is -2.08. The van der Waals surface area contributed by atoms with E-state index in [-0.39, 0.29) is 5.56 Å². The van der Waals surface area contributed by atoms with Gasteiger partial charge in [0.25, 0.3) is 0 Å². The third kappa shape index (κ3) is 3.67. The Labute approximate surface area is 168 Å². The van der Waals surface area contributed by atoms with E-state index in [9.17, 15) is 9.90 Å². The van der Waals surface area contributed by atoms with E-state index in [2.05, 4.69) is 0 Å². The minimum atomic E-state index is -0.951. The summed E-state index contributed by atoms with van der Waals surface area (Å²) in [6.07, 6.45) is 0.601. The first kappa shape index (κ1) is 18.6. The summed E-state index contributed by atoms with van der Waals surface area (Å²) in [6, 6.07) is 20.5. The highest BCUT2D eigenvalue weighted by Gasteiger charge is 2.13. The third-order valence-corrected chi connectivity index (χ3v) is 4.84. The SMILES string of the molecule is COc1ccc(Cc2cc3cccc(-c4cccc(C(=O)O)c4)c3o2)cc1OC. The number of carboxylic acid groups (broad SMARTS) is 1. The average Bonchev–Trinajstić information content (AvgIpc) is 3.16. The van der Waals surface area contributed by atoms with Gasteiger partial charge in [-0.25, -0.2) is 4.79 Å². The summed E-state index contributed by atoms with van der Waals surface area (Å²) in [5.74, 6) is 1.22. The van der Waals surface area contributed by atoms with Crippen molar-refractivity contribution in [2.24, 2.45) is 0 Å². The van der Waals surface area contributed by atoms with Crippen LogP contribution in [0.25, 0.3) is 22.1 Å². The Morgan fingerprint density at radius 1 is 0.931 bits per heavy atom. The standard InChI is InChI=1S/C24H20O5/c1-27-21-10-9-15(12-22(21)28-2)11-19-14-17-6-4-8-20(23(17)29-19)16-5-3-7-18(13-16)24(25)26/h3-10,12-14H,11H2,1-2H3,(H,25,26). The number of fused-ring (bicyclic) bond motifs is 1. The molecule has 0 bridgehead atoms. The van der Waals surface area contributed by atoms with Crippen LogP contribution in [0.5, 0.6) is 11.5 Å². The first-order valence-corrected chi connectivity index (χ1v) is 9.15. The van der Waals surface area contributed by atoms with E-state index in [4.69, 9.17) is 13.9 Å². The molecule has 3 aromatic carbocycles. The Bertz CT molecular complexity index is 1190. The van der Waals surface area contributed by atoms with E-state index in [0.29, 0.717) is 17.9 Å². The summed E-state index contributed by atoms with van der Waals surface area (Å²) in [7, 11) is 3.22. The fourth-order valence-corrected chi connectivity index (χ4v) is 3.44. The van der Waals surface area contributed by atoms with E-state index in [1.165, 1.54) is 0 Å². The number of ether oxygens (including phenoxy) is 2. The van der Waals surface area contributed by atoms with Crippen molar-refractivity contribution >= 4 is 16.9 Å². The van der Waals surface area contributed by atoms with Gasteiger partial charge in [-0.3, -0.25) is 0 Å². The monoisotopic (exact) mass is 388 g/mol. The van der Waals surface area contributed by atoms with Crippen molar-refractivity contribution < 1.29 is 23.8 Å². The molecule has 5 heteroatoms. The molecule has 0 radical (unpaired) electrons. The normalized spacial score (nSPS) is 10.8. The van der Waals surface area contributed by atoms with Crippen LogP contribution in [0.2, 0.25) is 0 Å². The van der Waals surface area contributed by atoms with Gasteiger partial charge >= 0.3 is 5.97 Å². The second-order valence-electron chi connectivity index (χ2n) is 6.69. The van der Waals surface area contributed by atoms with Crippen molar-refractivity contribution in [3.8, 4) is 22.6 Å². The molecule has 0 aliphatic heterocycles. The molecule has 0 spiro atoms. The molecular weight excluding hydrogens is 368 g/mol. The lowest BCUT2D eigenvalue weighted by Crippen LogP contribution is -1.95. The Morgan fingerprint density at radius 2 is 1.72 bits per heavy atom. The summed E-state index contributed by atoms with van der Waals surface area (Å²) in [4.78, 5) is 11.3. The number of aromatic carboxylic acids is 1. The molecule has 0 amide bonds. The van der Waals surface area contributed by atoms with Crippen LogP contribution >= 0.6 is 0 Å². The van der Waals surface area contributed by atoms with Crippen molar-refractivity contribution in [1.82, 2.24) is 0 Å². The number of methoxy groups -OCH3 is 2. The largest absolute Gasteiger partial charge is 0.493 e. The van der Waals surface area contributed by atoms with Crippen LogP contribution in [-0.2, 0) is 6.42 Å². The van der Waals surface area contributed by atoms with E-state index in [0.717, 1.165) is 33.4 Å². The molecule has 5 nitrogen and oxygen atoms in total. The number of para-hydroxylation sites is 1. The maximum Gasteiger partial charge on any atom is 0.335 e. The fourth-order valence-electron chi connectivity index (χ4n) is 3.44. The molecule has 0 saturated carbocycles. The highest BCUT2D eigenvalue weighted by molar-refractivity contribution is 5.95. The van der Waals surface area contributed by atoms with Crippen LogP contribution in [-0.4, -0.2) is 25.3 Å². The van der Waals surface area contributed by atoms with Crippen molar-refractivity contribution in [1.29, 1.82) is 0 Å². The van der Waals surface area contributed by atoms with Gasteiger partial charge in [0.05, 0.1) is 19.8 Å². The van der Waals surface area contributed by atoms with Crippen LogP contribution in [0.15, 0.2) is 71.1 Å². The maximum absolute atomic E-state index is 11.3. The molecule has 146 valence electrons. The fraction of sp³-hybridized carbons (Fsp3) is 0.125. The molecule has 0 aliphatic carbocycles. The zero-order valence-electron chi connectivity index (χ0n) is 16.1. The van der Waals surface area contributed by atoms with Crippen LogP contribution < -0.4 is 9.47 Å². The number of carbonyl (C=O) groups is 1. The predicted octanol–water partition coefficient (Wildman–Crippen LogP) is 5.41. The average molecular weight is 388 g/mol. The minimum Gasteiger partial charge on any atom is -0.493 e. The van der Waals surface area contributed by atoms with Gasteiger partial charge in [0, 0.05) is 17.4 Å². The van der Waals surface area contributed by atoms with E-state index >= 15 is 0 Å². The number of furan rings is 1. The summed E-state index contributed by atoms with van der Waals surface area (Å²) in [5, 5.41) is 10.2. The van der Waals surface area contributed by atoms with Gasteiger partial charge in [-0.05, 0) is 41.5 Å². The molecular formula is C24H20O5. The van der Waals surface area contributed by atoms with Gasteiger partial charge in [0.2, 0.25) is 0 Å². The van der Waals surface area contributed by atoms with Crippen molar-refractivity contribution in [2.75, 3.05) is 14.2 Å². The van der Waals surface area contributed by atoms with Gasteiger partial charge in [-0.15, -0.1) is 0 Å². The second kappa shape index (κ2) is 7.72. The summed E-state index contributed by atoms with van der Waals surface area (Å²) in [6.45, 7) is 0. The van der Waals surface area contributed by atoms with Crippen molar-refractivity contribution in [3.63, 3.8) is 0 Å². The Balaban J connectivity index is 1.71. The smallest absolute Gasteiger partial charge is 0.335 e.